The molecule has 7 aromatic carbocycles. The summed E-state index contributed by atoms with van der Waals surface area (Å²) in [5.74, 6) is 0.716. The number of aromatic nitrogens is 2. The molecule has 1 spiro atoms. The van der Waals surface area contributed by atoms with Gasteiger partial charge in [0.05, 0.1) is 16.8 Å². The minimum atomic E-state index is -0.565. The molecule has 1 aliphatic carbocycles. The third-order valence-corrected chi connectivity index (χ3v) is 11.4. The first-order valence-electron chi connectivity index (χ1n) is 17.0. The fourth-order valence-electron chi connectivity index (χ4n) is 7.91. The van der Waals surface area contributed by atoms with Crippen molar-refractivity contribution in [2.75, 3.05) is 0 Å². The zero-order valence-corrected chi connectivity index (χ0v) is 27.9. The summed E-state index contributed by atoms with van der Waals surface area (Å²) in [5, 5.41) is 2.54. The van der Waals surface area contributed by atoms with Crippen molar-refractivity contribution in [3.8, 4) is 33.9 Å². The molecule has 0 N–H and O–H groups in total. The zero-order valence-electron chi connectivity index (χ0n) is 27.1. The molecule has 0 bridgehead atoms. The van der Waals surface area contributed by atoms with Crippen molar-refractivity contribution in [3.05, 3.63) is 203 Å². The Balaban J connectivity index is 1.30. The maximum Gasteiger partial charge on any atom is 0.160 e. The summed E-state index contributed by atoms with van der Waals surface area (Å²) in [7, 11) is 0. The van der Waals surface area contributed by atoms with E-state index in [4.69, 9.17) is 9.97 Å². The fourth-order valence-corrected chi connectivity index (χ4v) is 9.24. The van der Waals surface area contributed by atoms with Gasteiger partial charge in [-0.05, 0) is 62.4 Å². The molecule has 8 aromatic rings. The SMILES string of the molecule is C1=Cc2ccc(-c3cc(-c4ccccc4)nc(-c4ccccc4)n3)cc2C2(c3ccccc31)c1ccccc1Sc1c2ccc2ccccc12. The highest BCUT2D eigenvalue weighted by Crippen LogP contribution is 2.59. The van der Waals surface area contributed by atoms with Crippen LogP contribution in [0.4, 0.5) is 0 Å². The van der Waals surface area contributed by atoms with Crippen LogP contribution in [0, 0.1) is 0 Å². The van der Waals surface area contributed by atoms with Gasteiger partial charge in [0, 0.05) is 26.5 Å². The average molecular weight is 655 g/mol. The van der Waals surface area contributed by atoms with E-state index in [1.165, 1.54) is 53.9 Å². The molecule has 0 saturated carbocycles. The third kappa shape index (κ3) is 4.44. The van der Waals surface area contributed by atoms with Gasteiger partial charge in [0.15, 0.2) is 5.82 Å². The van der Waals surface area contributed by atoms with Crippen LogP contribution >= 0.6 is 11.8 Å². The Labute approximate surface area is 295 Å². The zero-order chi connectivity index (χ0) is 33.1. The smallest absolute Gasteiger partial charge is 0.160 e. The van der Waals surface area contributed by atoms with E-state index in [0.717, 1.165) is 28.1 Å². The first-order valence-corrected chi connectivity index (χ1v) is 17.8. The van der Waals surface area contributed by atoms with Crippen LogP contribution < -0.4 is 0 Å². The molecular weight excluding hydrogens is 625 g/mol. The van der Waals surface area contributed by atoms with Crippen molar-refractivity contribution in [2.24, 2.45) is 0 Å². The predicted molar refractivity (Wildman–Crippen MR) is 207 cm³/mol. The molecule has 0 radical (unpaired) electrons. The molecule has 1 aromatic heterocycles. The molecule has 0 fully saturated rings. The molecule has 10 rings (SSSR count). The number of hydrogen-bond acceptors (Lipinski definition) is 3. The van der Waals surface area contributed by atoms with Crippen molar-refractivity contribution in [3.63, 3.8) is 0 Å². The van der Waals surface area contributed by atoms with Crippen LogP contribution in [0.2, 0.25) is 0 Å². The molecule has 2 heterocycles. The highest BCUT2D eigenvalue weighted by Gasteiger charge is 2.47. The van der Waals surface area contributed by atoms with E-state index in [-0.39, 0.29) is 0 Å². The van der Waals surface area contributed by atoms with Crippen molar-refractivity contribution >= 4 is 34.7 Å². The highest BCUT2D eigenvalue weighted by atomic mass is 32.2. The first-order chi connectivity index (χ1) is 24.8. The lowest BCUT2D eigenvalue weighted by atomic mass is 9.63. The minimum absolute atomic E-state index is 0.565. The van der Waals surface area contributed by atoms with Crippen LogP contribution in [-0.4, -0.2) is 9.97 Å². The Morgan fingerprint density at radius 2 is 1.06 bits per heavy atom. The molecule has 0 amide bonds. The van der Waals surface area contributed by atoms with Crippen molar-refractivity contribution in [2.45, 2.75) is 15.2 Å². The quantitative estimate of drug-likeness (QED) is 0.190. The molecule has 2 aliphatic rings. The van der Waals surface area contributed by atoms with E-state index in [1.807, 2.05) is 36.0 Å². The van der Waals surface area contributed by atoms with Crippen molar-refractivity contribution < 1.29 is 0 Å². The number of rotatable bonds is 3. The van der Waals surface area contributed by atoms with Crippen LogP contribution in [0.1, 0.15) is 33.4 Å². The van der Waals surface area contributed by atoms with Crippen molar-refractivity contribution in [1.29, 1.82) is 0 Å². The van der Waals surface area contributed by atoms with Crippen LogP contribution in [0.5, 0.6) is 0 Å². The molecule has 1 unspecified atom stereocenters. The molecular formula is C47H30N2S. The Kier molecular flexibility index (Phi) is 6.68. The lowest BCUT2D eigenvalue weighted by molar-refractivity contribution is 0.704. The second-order valence-electron chi connectivity index (χ2n) is 12.9. The molecule has 1 aliphatic heterocycles. The average Bonchev–Trinajstić information content (AvgIpc) is 3.33. The Hall–Kier alpha value is -6.03. The third-order valence-electron chi connectivity index (χ3n) is 10.2. The fraction of sp³-hybridized carbons (Fsp3) is 0.0213. The molecule has 2 nitrogen and oxygen atoms in total. The monoisotopic (exact) mass is 654 g/mol. The van der Waals surface area contributed by atoms with Crippen LogP contribution in [0.25, 0.3) is 56.8 Å². The topological polar surface area (TPSA) is 25.8 Å². The summed E-state index contributed by atoms with van der Waals surface area (Å²) in [6.45, 7) is 0. The normalized spacial score (nSPS) is 15.5. The van der Waals surface area contributed by atoms with Gasteiger partial charge in [0.1, 0.15) is 0 Å². The Morgan fingerprint density at radius 3 is 1.88 bits per heavy atom. The van der Waals surface area contributed by atoms with Gasteiger partial charge in [-0.2, -0.15) is 0 Å². The van der Waals surface area contributed by atoms with Gasteiger partial charge in [-0.3, -0.25) is 0 Å². The van der Waals surface area contributed by atoms with Gasteiger partial charge in [0.25, 0.3) is 0 Å². The van der Waals surface area contributed by atoms with E-state index in [0.29, 0.717) is 5.82 Å². The number of fused-ring (bicyclic) bond motifs is 10. The Morgan fingerprint density at radius 1 is 0.420 bits per heavy atom. The second kappa shape index (κ2) is 11.5. The maximum atomic E-state index is 5.25. The summed E-state index contributed by atoms with van der Waals surface area (Å²) in [6, 6.07) is 61.2. The standard InChI is InChI=1S/C47H30N2S/c1-3-15-34(16-4-1)42-30-43(49-46(48-42)35-17-5-2-6-18-35)36-26-25-33-24-23-32-14-8-10-20-38(32)47(41(33)29-36)39-21-11-12-22-44(39)50-45-37-19-9-7-13-31(37)27-28-40(45)47/h1-30H. The molecule has 1 atom stereocenters. The Bertz CT molecular complexity index is 2570. The lowest BCUT2D eigenvalue weighted by Gasteiger charge is -2.43. The minimum Gasteiger partial charge on any atom is -0.228 e. The van der Waals surface area contributed by atoms with E-state index < -0.39 is 5.41 Å². The van der Waals surface area contributed by atoms with E-state index in [9.17, 15) is 0 Å². The number of nitrogens with zero attached hydrogens (tertiary/aromatic N) is 2. The first kappa shape index (κ1) is 28.9. The number of benzene rings is 7. The van der Waals surface area contributed by atoms with Gasteiger partial charge in [0.2, 0.25) is 0 Å². The summed E-state index contributed by atoms with van der Waals surface area (Å²) in [6.07, 6.45) is 4.59. The maximum absolute atomic E-state index is 5.25. The van der Waals surface area contributed by atoms with E-state index >= 15 is 0 Å². The molecule has 0 saturated heterocycles. The van der Waals surface area contributed by atoms with Crippen LogP contribution in [-0.2, 0) is 5.41 Å². The van der Waals surface area contributed by atoms with Gasteiger partial charge < -0.3 is 0 Å². The second-order valence-corrected chi connectivity index (χ2v) is 14.0. The van der Waals surface area contributed by atoms with Gasteiger partial charge in [-0.1, -0.05) is 176 Å². The molecule has 50 heavy (non-hydrogen) atoms. The van der Waals surface area contributed by atoms with Crippen molar-refractivity contribution in [1.82, 2.24) is 9.97 Å². The van der Waals surface area contributed by atoms with Crippen LogP contribution in [0.15, 0.2) is 180 Å². The lowest BCUT2D eigenvalue weighted by Crippen LogP contribution is -2.35. The largest absolute Gasteiger partial charge is 0.228 e. The predicted octanol–water partition coefficient (Wildman–Crippen LogP) is 12.0. The molecule has 234 valence electrons. The summed E-state index contributed by atoms with van der Waals surface area (Å²) in [4.78, 5) is 12.9. The van der Waals surface area contributed by atoms with Gasteiger partial charge >= 0.3 is 0 Å². The van der Waals surface area contributed by atoms with E-state index in [1.54, 1.807) is 0 Å². The molecule has 3 heteroatoms. The number of hydrogen-bond donors (Lipinski definition) is 0. The van der Waals surface area contributed by atoms with E-state index in [2.05, 4.69) is 158 Å². The summed E-state index contributed by atoms with van der Waals surface area (Å²) < 4.78 is 0. The van der Waals surface area contributed by atoms with Gasteiger partial charge in [-0.15, -0.1) is 0 Å². The van der Waals surface area contributed by atoms with Crippen LogP contribution in [0.3, 0.4) is 0 Å². The highest BCUT2D eigenvalue weighted by molar-refractivity contribution is 7.99. The summed E-state index contributed by atoms with van der Waals surface area (Å²) in [5.41, 5.74) is 11.9. The summed E-state index contributed by atoms with van der Waals surface area (Å²) >= 11 is 1.89. The van der Waals surface area contributed by atoms with Gasteiger partial charge in [-0.25, -0.2) is 9.97 Å².